The van der Waals surface area contributed by atoms with Gasteiger partial charge in [-0.1, -0.05) is 0 Å². The van der Waals surface area contributed by atoms with Gasteiger partial charge in [-0.05, 0) is 0 Å². The van der Waals surface area contributed by atoms with Crippen molar-refractivity contribution in [1.29, 1.82) is 0 Å². The third-order valence-electron chi connectivity index (χ3n) is 0. The number of rotatable bonds is 0. The third-order valence-corrected chi connectivity index (χ3v) is 0. The molecule has 0 unspecified atom stereocenters. The summed E-state index contributed by atoms with van der Waals surface area (Å²) in [4.78, 5) is 0. The van der Waals surface area contributed by atoms with Gasteiger partial charge in [0.25, 0.3) is 0 Å². The standard InChI is InChI=1S/3CH3.Ru.H/h3*1H3;;/q3*-1;+3;. The first-order valence-electron chi connectivity index (χ1n) is 0. The molecule has 0 N–H and O–H groups in total. The molecule has 0 aliphatic heterocycles. The quantitative estimate of drug-likeness (QED) is 0.355. The Morgan fingerprint density at radius 1 is 0.500 bits per heavy atom. The van der Waals surface area contributed by atoms with Crippen LogP contribution in [0.1, 0.15) is 0 Å². The van der Waals surface area contributed by atoms with E-state index in [4.69, 9.17) is 0 Å². The van der Waals surface area contributed by atoms with Gasteiger partial charge in [0.1, 0.15) is 0 Å². The van der Waals surface area contributed by atoms with Crippen molar-refractivity contribution >= 4 is 0 Å². The van der Waals surface area contributed by atoms with Crippen LogP contribution in [0.25, 0.3) is 0 Å². The van der Waals surface area contributed by atoms with E-state index in [9.17, 15) is 0 Å². The van der Waals surface area contributed by atoms with Crippen molar-refractivity contribution in [3.8, 4) is 0 Å². The van der Waals surface area contributed by atoms with Gasteiger partial charge in [0.2, 0.25) is 0 Å². The van der Waals surface area contributed by atoms with Crippen molar-refractivity contribution < 1.29 is 19.5 Å². The Bertz CT molecular complexity index is 3.25. The summed E-state index contributed by atoms with van der Waals surface area (Å²) in [5, 5.41) is 0. The maximum absolute atomic E-state index is 0. The molecule has 4 heavy (non-hydrogen) atoms. The Balaban J connectivity index is 0. The summed E-state index contributed by atoms with van der Waals surface area (Å²) in [6.07, 6.45) is 0. The molecule has 0 rings (SSSR count). The summed E-state index contributed by atoms with van der Waals surface area (Å²) in [7, 11) is 0. The molecule has 0 spiro atoms. The van der Waals surface area contributed by atoms with Crippen LogP contribution in [-0.2, 0) is 19.5 Å². The molecule has 0 aromatic carbocycles. The van der Waals surface area contributed by atoms with Crippen molar-refractivity contribution in [2.75, 3.05) is 0 Å². The zero-order valence-corrected chi connectivity index (χ0v) is 5.24. The Kier molecular flexibility index (Phi) is 2510. The summed E-state index contributed by atoms with van der Waals surface area (Å²) in [6.45, 7) is 0. The molecule has 1 heteroatoms. The first kappa shape index (κ1) is 156. The van der Waals surface area contributed by atoms with Gasteiger partial charge in [0.05, 0.1) is 0 Å². The van der Waals surface area contributed by atoms with Crippen LogP contribution in [0.3, 0.4) is 0 Å². The Morgan fingerprint density at radius 2 is 0.500 bits per heavy atom. The zero-order chi connectivity index (χ0) is 0. The van der Waals surface area contributed by atoms with E-state index in [1.165, 1.54) is 0 Å². The molecule has 0 aliphatic carbocycles. The molecule has 0 amide bonds. The van der Waals surface area contributed by atoms with E-state index in [0.29, 0.717) is 0 Å². The van der Waals surface area contributed by atoms with E-state index in [2.05, 4.69) is 0 Å². The summed E-state index contributed by atoms with van der Waals surface area (Å²) in [5.74, 6) is 0. The SMILES string of the molecule is [CH3-].[CH3-].[CH3-].[RuH+3]. The molecular formula is C3H10Ru. The van der Waals surface area contributed by atoms with Gasteiger partial charge in [-0.3, -0.25) is 0 Å². The zero-order valence-electron chi connectivity index (χ0n) is 3.38. The Morgan fingerprint density at radius 3 is 0.500 bits per heavy atom. The van der Waals surface area contributed by atoms with E-state index in [0.717, 1.165) is 0 Å². The van der Waals surface area contributed by atoms with Crippen LogP contribution in [0.2, 0.25) is 0 Å². The van der Waals surface area contributed by atoms with Crippen LogP contribution < -0.4 is 0 Å². The minimum absolute atomic E-state index is 0. The van der Waals surface area contributed by atoms with Crippen molar-refractivity contribution in [3.63, 3.8) is 0 Å². The topological polar surface area (TPSA) is 0 Å². The fourth-order valence-electron chi connectivity index (χ4n) is 0. The van der Waals surface area contributed by atoms with Crippen LogP contribution in [0, 0.1) is 22.3 Å². The van der Waals surface area contributed by atoms with Crippen molar-refractivity contribution in [2.45, 2.75) is 0 Å². The van der Waals surface area contributed by atoms with Gasteiger partial charge in [-0.15, -0.1) is 0 Å². The average molecular weight is 147 g/mol. The second-order valence-corrected chi connectivity index (χ2v) is 0. The van der Waals surface area contributed by atoms with Gasteiger partial charge >= 0.3 is 19.5 Å². The van der Waals surface area contributed by atoms with Crippen LogP contribution in [0.15, 0.2) is 0 Å². The molecule has 0 atom stereocenters. The summed E-state index contributed by atoms with van der Waals surface area (Å²) in [5.41, 5.74) is 0. The monoisotopic (exact) mass is 148 g/mol. The number of hydrogen-bond acceptors (Lipinski definition) is 0. The summed E-state index contributed by atoms with van der Waals surface area (Å²) >= 11 is 0. The van der Waals surface area contributed by atoms with Crippen LogP contribution in [0.5, 0.6) is 0 Å². The van der Waals surface area contributed by atoms with E-state index in [-0.39, 0.29) is 41.8 Å². The minimum atomic E-state index is 0. The molecule has 0 bridgehead atoms. The summed E-state index contributed by atoms with van der Waals surface area (Å²) in [6, 6.07) is 0. The van der Waals surface area contributed by atoms with Crippen molar-refractivity contribution in [1.82, 2.24) is 0 Å². The average Bonchev–Trinajstić information content (AvgIpc) is 0. The van der Waals surface area contributed by atoms with Gasteiger partial charge in [0, 0.05) is 0 Å². The molecule has 0 aromatic rings. The van der Waals surface area contributed by atoms with Crippen LogP contribution >= 0.6 is 0 Å². The molecule has 1 radical (unpaired) electrons. The van der Waals surface area contributed by atoms with E-state index < -0.39 is 0 Å². The fourth-order valence-corrected chi connectivity index (χ4v) is 0. The van der Waals surface area contributed by atoms with Gasteiger partial charge in [-0.25, -0.2) is 0 Å². The molecule has 30 valence electrons. The molecule has 0 nitrogen and oxygen atoms in total. The molecule has 0 saturated carbocycles. The van der Waals surface area contributed by atoms with Crippen LogP contribution in [-0.4, -0.2) is 0 Å². The second kappa shape index (κ2) is 64.2. The normalized spacial score (nSPS) is 0. The molecule has 0 fully saturated rings. The van der Waals surface area contributed by atoms with E-state index >= 15 is 0 Å². The first-order valence-corrected chi connectivity index (χ1v) is 0. The van der Waals surface area contributed by atoms with E-state index in [1.807, 2.05) is 0 Å². The van der Waals surface area contributed by atoms with E-state index in [1.54, 1.807) is 0 Å². The fraction of sp³-hybridized carbons (Fsp3) is 0. The van der Waals surface area contributed by atoms with Crippen molar-refractivity contribution in [3.05, 3.63) is 22.3 Å². The van der Waals surface area contributed by atoms with Crippen LogP contribution in [0.4, 0.5) is 0 Å². The molecule has 0 heterocycles. The molecular weight excluding hydrogens is 137 g/mol. The number of hydrogen-bond donors (Lipinski definition) is 0. The van der Waals surface area contributed by atoms with Gasteiger partial charge in [0.15, 0.2) is 0 Å². The second-order valence-electron chi connectivity index (χ2n) is 0. The maximum atomic E-state index is 0. The molecule has 0 aliphatic rings. The predicted molar refractivity (Wildman–Crippen MR) is 20.6 cm³/mol. The van der Waals surface area contributed by atoms with Crippen molar-refractivity contribution in [2.24, 2.45) is 0 Å². The first-order chi connectivity index (χ1) is 0. The summed E-state index contributed by atoms with van der Waals surface area (Å²) < 4.78 is 0. The predicted octanol–water partition coefficient (Wildman–Crippen LogP) is 1.08. The molecule has 0 aromatic heterocycles. The third kappa shape index (κ3) is 17.8. The van der Waals surface area contributed by atoms with Gasteiger partial charge in [-0.2, -0.15) is 0 Å². The molecule has 0 saturated heterocycles. The Hall–Kier alpha value is 0.623. The Labute approximate surface area is 42.4 Å². The van der Waals surface area contributed by atoms with Gasteiger partial charge < -0.3 is 22.3 Å².